The van der Waals surface area contributed by atoms with Gasteiger partial charge in [0.25, 0.3) is 5.69 Å². The molecule has 0 radical (unpaired) electrons. The summed E-state index contributed by atoms with van der Waals surface area (Å²) in [6.07, 6.45) is 0. The highest BCUT2D eigenvalue weighted by atomic mass is 32.2. The van der Waals surface area contributed by atoms with Gasteiger partial charge in [0.1, 0.15) is 0 Å². The normalized spacial score (nSPS) is 13.2. The van der Waals surface area contributed by atoms with Gasteiger partial charge in [0.05, 0.1) is 16.7 Å². The maximum Gasteiger partial charge on any atom is 0.269 e. The highest BCUT2D eigenvalue weighted by molar-refractivity contribution is 7.88. The van der Waals surface area contributed by atoms with Crippen LogP contribution in [-0.2, 0) is 15.8 Å². The van der Waals surface area contributed by atoms with Crippen molar-refractivity contribution in [1.82, 2.24) is 4.72 Å². The Hall–Kier alpha value is -1.77. The Balaban J connectivity index is 2.13. The van der Waals surface area contributed by atoms with E-state index in [1.807, 2.05) is 31.4 Å². The molecule has 0 aliphatic rings. The zero-order valence-electron chi connectivity index (χ0n) is 12.8. The number of hydrogen-bond acceptors (Lipinski definition) is 5. The van der Waals surface area contributed by atoms with E-state index in [2.05, 4.69) is 4.72 Å². The maximum atomic E-state index is 12.4. The number of hydrogen-bond donors (Lipinski definition) is 1. The number of thiophene rings is 1. The molecule has 0 unspecified atom stereocenters. The largest absolute Gasteiger partial charge is 0.269 e. The molecule has 0 fully saturated rings. The number of nitro benzene ring substituents is 1. The van der Waals surface area contributed by atoms with Crippen LogP contribution in [-0.4, -0.2) is 13.3 Å². The first-order valence-corrected chi connectivity index (χ1v) is 9.58. The predicted octanol–water partition coefficient (Wildman–Crippen LogP) is 3.47. The summed E-state index contributed by atoms with van der Waals surface area (Å²) < 4.78 is 27.5. The van der Waals surface area contributed by atoms with Crippen molar-refractivity contribution in [1.29, 1.82) is 0 Å². The van der Waals surface area contributed by atoms with Gasteiger partial charge in [-0.05, 0) is 22.9 Å². The second-order valence-corrected chi connectivity index (χ2v) is 8.27. The maximum absolute atomic E-state index is 12.4. The van der Waals surface area contributed by atoms with Crippen LogP contribution in [0.25, 0.3) is 0 Å². The molecule has 0 spiro atoms. The van der Waals surface area contributed by atoms with Crippen molar-refractivity contribution < 1.29 is 13.3 Å². The molecule has 2 aromatic rings. The van der Waals surface area contributed by atoms with Gasteiger partial charge >= 0.3 is 0 Å². The molecule has 124 valence electrons. The van der Waals surface area contributed by atoms with Gasteiger partial charge < -0.3 is 0 Å². The molecule has 1 heterocycles. The summed E-state index contributed by atoms with van der Waals surface area (Å²) in [6.45, 7) is 3.91. The van der Waals surface area contributed by atoms with Crippen molar-refractivity contribution in [3.05, 3.63) is 62.3 Å². The van der Waals surface area contributed by atoms with Crippen LogP contribution >= 0.6 is 11.3 Å². The van der Waals surface area contributed by atoms with Gasteiger partial charge in [-0.1, -0.05) is 32.0 Å². The van der Waals surface area contributed by atoms with Gasteiger partial charge in [0, 0.05) is 17.0 Å². The van der Waals surface area contributed by atoms with E-state index in [1.165, 1.54) is 35.6 Å². The van der Waals surface area contributed by atoms with Gasteiger partial charge in [-0.2, -0.15) is 0 Å². The number of rotatable bonds is 7. The minimum Gasteiger partial charge on any atom is -0.258 e. The van der Waals surface area contributed by atoms with Gasteiger partial charge in [-0.3, -0.25) is 10.1 Å². The van der Waals surface area contributed by atoms with E-state index in [1.54, 1.807) is 0 Å². The molecule has 1 aromatic heterocycles. The molecule has 2 rings (SSSR count). The lowest BCUT2D eigenvalue weighted by molar-refractivity contribution is -0.384. The average Bonchev–Trinajstić information content (AvgIpc) is 2.98. The monoisotopic (exact) mass is 354 g/mol. The third kappa shape index (κ3) is 4.85. The fourth-order valence-corrected chi connectivity index (χ4v) is 4.68. The van der Waals surface area contributed by atoms with E-state index in [4.69, 9.17) is 0 Å². The molecule has 8 heteroatoms. The van der Waals surface area contributed by atoms with Crippen molar-refractivity contribution in [3.63, 3.8) is 0 Å². The Morgan fingerprint density at radius 1 is 1.22 bits per heavy atom. The highest BCUT2D eigenvalue weighted by Crippen LogP contribution is 2.27. The summed E-state index contributed by atoms with van der Waals surface area (Å²) in [4.78, 5) is 11.1. The highest BCUT2D eigenvalue weighted by Gasteiger charge is 2.23. The molecule has 0 saturated carbocycles. The summed E-state index contributed by atoms with van der Waals surface area (Å²) in [5, 5.41) is 12.5. The molecule has 0 amide bonds. The summed E-state index contributed by atoms with van der Waals surface area (Å²) in [5.74, 6) is -0.0974. The molecule has 1 N–H and O–H groups in total. The zero-order valence-corrected chi connectivity index (χ0v) is 14.4. The Labute approximate surface area is 139 Å². The second-order valence-electron chi connectivity index (χ2n) is 5.54. The first-order valence-electron chi connectivity index (χ1n) is 7.05. The molecule has 0 aliphatic carbocycles. The van der Waals surface area contributed by atoms with Crippen LogP contribution in [0.15, 0.2) is 41.8 Å². The molecule has 6 nitrogen and oxygen atoms in total. The summed E-state index contributed by atoms with van der Waals surface area (Å²) in [6, 6.07) is 9.07. The van der Waals surface area contributed by atoms with Gasteiger partial charge in [-0.25, -0.2) is 13.1 Å². The number of non-ortho nitro benzene ring substituents is 1. The molecule has 0 saturated heterocycles. The van der Waals surface area contributed by atoms with Gasteiger partial charge in [-0.15, -0.1) is 11.3 Å². The fourth-order valence-electron chi connectivity index (χ4n) is 2.16. The molecule has 1 aromatic carbocycles. The SMILES string of the molecule is CC(C)[C@H](NS(=O)(=O)Cc1ccc([N+](=O)[O-])cc1)c1cccs1. The minimum atomic E-state index is -3.55. The molecule has 1 atom stereocenters. The number of nitrogens with zero attached hydrogens (tertiary/aromatic N) is 1. The van der Waals surface area contributed by atoms with E-state index in [-0.39, 0.29) is 23.4 Å². The average molecular weight is 354 g/mol. The van der Waals surface area contributed by atoms with Crippen LogP contribution in [0.3, 0.4) is 0 Å². The van der Waals surface area contributed by atoms with E-state index in [9.17, 15) is 18.5 Å². The number of benzene rings is 1. The number of sulfonamides is 1. The lowest BCUT2D eigenvalue weighted by Crippen LogP contribution is -2.32. The lowest BCUT2D eigenvalue weighted by atomic mass is 10.0. The van der Waals surface area contributed by atoms with E-state index in [0.29, 0.717) is 5.56 Å². The molecule has 0 aliphatic heterocycles. The Morgan fingerprint density at radius 3 is 2.35 bits per heavy atom. The topological polar surface area (TPSA) is 89.3 Å². The van der Waals surface area contributed by atoms with Crippen LogP contribution in [0.1, 0.15) is 30.3 Å². The molecule has 23 heavy (non-hydrogen) atoms. The van der Waals surface area contributed by atoms with Crippen molar-refractivity contribution in [2.75, 3.05) is 0 Å². The smallest absolute Gasteiger partial charge is 0.258 e. The van der Waals surface area contributed by atoms with Crippen LogP contribution in [0, 0.1) is 16.0 Å². The Morgan fingerprint density at radius 2 is 1.87 bits per heavy atom. The van der Waals surface area contributed by atoms with Crippen molar-refractivity contribution in [2.24, 2.45) is 5.92 Å². The third-order valence-electron chi connectivity index (χ3n) is 3.33. The second kappa shape index (κ2) is 7.20. The molecule has 0 bridgehead atoms. The summed E-state index contributed by atoms with van der Waals surface area (Å²) >= 11 is 1.51. The van der Waals surface area contributed by atoms with Crippen LogP contribution in [0.2, 0.25) is 0 Å². The zero-order chi connectivity index (χ0) is 17.0. The Bertz CT molecular complexity index is 753. The van der Waals surface area contributed by atoms with Crippen LogP contribution < -0.4 is 4.72 Å². The quantitative estimate of drug-likeness (QED) is 0.609. The van der Waals surface area contributed by atoms with E-state index in [0.717, 1.165) is 4.88 Å². The first-order chi connectivity index (χ1) is 10.8. The first kappa shape index (κ1) is 17.6. The van der Waals surface area contributed by atoms with Gasteiger partial charge in [0.2, 0.25) is 10.0 Å². The van der Waals surface area contributed by atoms with Crippen molar-refractivity contribution in [3.8, 4) is 0 Å². The number of nitro groups is 1. The van der Waals surface area contributed by atoms with E-state index >= 15 is 0 Å². The minimum absolute atomic E-state index is 0.0576. The predicted molar refractivity (Wildman–Crippen MR) is 90.8 cm³/mol. The summed E-state index contributed by atoms with van der Waals surface area (Å²) in [7, 11) is -3.55. The van der Waals surface area contributed by atoms with Gasteiger partial charge in [0.15, 0.2) is 0 Å². The van der Waals surface area contributed by atoms with Crippen molar-refractivity contribution in [2.45, 2.75) is 25.6 Å². The fraction of sp³-hybridized carbons (Fsp3) is 0.333. The standard InChI is InChI=1S/C15H18N2O4S2/c1-11(2)15(14-4-3-9-22-14)16-23(20,21)10-12-5-7-13(8-6-12)17(18)19/h3-9,11,15-16H,10H2,1-2H3/t15-/m0/s1. The van der Waals surface area contributed by atoms with Crippen molar-refractivity contribution >= 4 is 27.0 Å². The van der Waals surface area contributed by atoms with Crippen LogP contribution in [0.4, 0.5) is 5.69 Å². The molecular formula is C15H18N2O4S2. The third-order valence-corrected chi connectivity index (χ3v) is 5.61. The van der Waals surface area contributed by atoms with E-state index < -0.39 is 14.9 Å². The Kier molecular flexibility index (Phi) is 5.51. The lowest BCUT2D eigenvalue weighted by Gasteiger charge is -2.21. The number of nitrogens with one attached hydrogen (secondary N) is 1. The molecular weight excluding hydrogens is 336 g/mol. The summed E-state index contributed by atoms with van der Waals surface area (Å²) in [5.41, 5.74) is 0.453. The van der Waals surface area contributed by atoms with Crippen LogP contribution in [0.5, 0.6) is 0 Å².